The first-order chi connectivity index (χ1) is 6.84. The Balaban J connectivity index is 1.87. The van der Waals surface area contributed by atoms with E-state index in [-0.39, 0.29) is 0 Å². The van der Waals surface area contributed by atoms with E-state index in [9.17, 15) is 0 Å². The highest BCUT2D eigenvalue weighted by molar-refractivity contribution is 7.99. The molecule has 0 atom stereocenters. The van der Waals surface area contributed by atoms with Crippen LogP contribution in [0, 0.1) is 0 Å². The lowest BCUT2D eigenvalue weighted by molar-refractivity contribution is 0.450. The molecule has 0 spiro atoms. The third-order valence-electron chi connectivity index (χ3n) is 2.56. The predicted molar refractivity (Wildman–Crippen MR) is 58.1 cm³/mol. The standard InChI is InChI=1S/C10H15N3S/c11-8-1-3-9(4-2-8)14-10-5-6-12-7-13-10/h5-9H,1-4,11H2. The van der Waals surface area contributed by atoms with Gasteiger partial charge in [0.1, 0.15) is 6.33 Å². The van der Waals surface area contributed by atoms with Crippen molar-refractivity contribution in [2.45, 2.75) is 42.0 Å². The van der Waals surface area contributed by atoms with Crippen molar-refractivity contribution in [2.75, 3.05) is 0 Å². The van der Waals surface area contributed by atoms with Crippen molar-refractivity contribution >= 4 is 11.8 Å². The van der Waals surface area contributed by atoms with Crippen molar-refractivity contribution < 1.29 is 0 Å². The first kappa shape index (κ1) is 9.93. The topological polar surface area (TPSA) is 51.8 Å². The summed E-state index contributed by atoms with van der Waals surface area (Å²) in [5, 5.41) is 1.78. The summed E-state index contributed by atoms with van der Waals surface area (Å²) in [6, 6.07) is 2.40. The number of thioether (sulfide) groups is 1. The quantitative estimate of drug-likeness (QED) is 0.755. The van der Waals surface area contributed by atoms with Gasteiger partial charge in [0.25, 0.3) is 0 Å². The smallest absolute Gasteiger partial charge is 0.116 e. The zero-order valence-corrected chi connectivity index (χ0v) is 8.91. The first-order valence-electron chi connectivity index (χ1n) is 5.03. The van der Waals surface area contributed by atoms with Crippen molar-refractivity contribution in [2.24, 2.45) is 5.73 Å². The van der Waals surface area contributed by atoms with E-state index in [0.717, 1.165) is 17.9 Å². The van der Waals surface area contributed by atoms with Gasteiger partial charge >= 0.3 is 0 Å². The van der Waals surface area contributed by atoms with Crippen LogP contribution in [0.5, 0.6) is 0 Å². The molecule has 4 heteroatoms. The minimum atomic E-state index is 0.428. The van der Waals surface area contributed by atoms with Crippen LogP contribution in [-0.2, 0) is 0 Å². The minimum Gasteiger partial charge on any atom is -0.328 e. The molecule has 1 aromatic rings. The molecular weight excluding hydrogens is 194 g/mol. The normalized spacial score (nSPS) is 27.5. The summed E-state index contributed by atoms with van der Waals surface area (Å²) in [4.78, 5) is 8.12. The lowest BCUT2D eigenvalue weighted by Crippen LogP contribution is -2.27. The van der Waals surface area contributed by atoms with Gasteiger partial charge in [-0.15, -0.1) is 11.8 Å². The van der Waals surface area contributed by atoms with Crippen LogP contribution in [0.2, 0.25) is 0 Å². The van der Waals surface area contributed by atoms with E-state index >= 15 is 0 Å². The van der Waals surface area contributed by atoms with Gasteiger partial charge in [-0.3, -0.25) is 0 Å². The maximum atomic E-state index is 5.86. The summed E-state index contributed by atoms with van der Waals surface area (Å²) in [7, 11) is 0. The maximum Gasteiger partial charge on any atom is 0.116 e. The van der Waals surface area contributed by atoms with Gasteiger partial charge in [-0.1, -0.05) is 0 Å². The number of nitrogens with zero attached hydrogens (tertiary/aromatic N) is 2. The van der Waals surface area contributed by atoms with Crippen LogP contribution in [0.25, 0.3) is 0 Å². The van der Waals surface area contributed by atoms with Gasteiger partial charge in [0.05, 0.1) is 5.03 Å². The van der Waals surface area contributed by atoms with Gasteiger partial charge in [-0.2, -0.15) is 0 Å². The average molecular weight is 209 g/mol. The summed E-state index contributed by atoms with van der Waals surface area (Å²) in [5.41, 5.74) is 5.86. The Kier molecular flexibility index (Phi) is 3.37. The Morgan fingerprint density at radius 1 is 1.29 bits per heavy atom. The second kappa shape index (κ2) is 4.75. The molecule has 1 saturated carbocycles. The van der Waals surface area contributed by atoms with Crippen LogP contribution in [0.1, 0.15) is 25.7 Å². The fourth-order valence-corrected chi connectivity index (χ4v) is 2.82. The molecule has 0 saturated heterocycles. The monoisotopic (exact) mass is 209 g/mol. The lowest BCUT2D eigenvalue weighted by Gasteiger charge is -2.24. The first-order valence-corrected chi connectivity index (χ1v) is 5.91. The summed E-state index contributed by atoms with van der Waals surface area (Å²) in [6.07, 6.45) is 8.15. The second-order valence-corrected chi connectivity index (χ2v) is 5.02. The van der Waals surface area contributed by atoms with Crippen molar-refractivity contribution in [1.82, 2.24) is 9.97 Å². The van der Waals surface area contributed by atoms with Crippen molar-refractivity contribution in [3.8, 4) is 0 Å². The molecule has 1 heterocycles. The highest BCUT2D eigenvalue weighted by Gasteiger charge is 2.19. The zero-order valence-electron chi connectivity index (χ0n) is 8.10. The van der Waals surface area contributed by atoms with Gasteiger partial charge in [0.15, 0.2) is 0 Å². The predicted octanol–water partition coefficient (Wildman–Crippen LogP) is 1.84. The van der Waals surface area contributed by atoms with Crippen molar-refractivity contribution in [3.05, 3.63) is 18.6 Å². The molecule has 76 valence electrons. The Hall–Kier alpha value is -0.610. The molecule has 14 heavy (non-hydrogen) atoms. The van der Waals surface area contributed by atoms with Crippen molar-refractivity contribution in [1.29, 1.82) is 0 Å². The SMILES string of the molecule is NC1CCC(Sc2ccncn2)CC1. The number of hydrogen-bond acceptors (Lipinski definition) is 4. The summed E-state index contributed by atoms with van der Waals surface area (Å²) < 4.78 is 0. The molecule has 0 aromatic carbocycles. The Morgan fingerprint density at radius 2 is 2.07 bits per heavy atom. The minimum absolute atomic E-state index is 0.428. The molecule has 0 amide bonds. The molecule has 3 nitrogen and oxygen atoms in total. The highest BCUT2D eigenvalue weighted by Crippen LogP contribution is 2.31. The van der Waals surface area contributed by atoms with Crippen LogP contribution in [-0.4, -0.2) is 21.3 Å². The van der Waals surface area contributed by atoms with Crippen molar-refractivity contribution in [3.63, 3.8) is 0 Å². The maximum absolute atomic E-state index is 5.86. The number of hydrogen-bond donors (Lipinski definition) is 1. The van der Waals surface area contributed by atoms with E-state index in [0.29, 0.717) is 11.3 Å². The van der Waals surface area contributed by atoms with E-state index in [2.05, 4.69) is 9.97 Å². The van der Waals surface area contributed by atoms with Gasteiger partial charge in [-0.05, 0) is 31.7 Å². The molecule has 1 fully saturated rings. The van der Waals surface area contributed by atoms with Gasteiger partial charge < -0.3 is 5.73 Å². The molecule has 0 unspecified atom stereocenters. The molecule has 1 aromatic heterocycles. The van der Waals surface area contributed by atoms with Crippen LogP contribution in [0.15, 0.2) is 23.6 Å². The average Bonchev–Trinajstić information content (AvgIpc) is 2.23. The Bertz CT molecular complexity index is 270. The van der Waals surface area contributed by atoms with Gasteiger partial charge in [0.2, 0.25) is 0 Å². The van der Waals surface area contributed by atoms with E-state index in [1.807, 2.05) is 17.8 Å². The lowest BCUT2D eigenvalue weighted by atomic mass is 9.96. The summed E-state index contributed by atoms with van der Waals surface area (Å²) >= 11 is 1.86. The Labute approximate surface area is 88.5 Å². The summed E-state index contributed by atoms with van der Waals surface area (Å²) in [5.74, 6) is 0. The molecule has 0 bridgehead atoms. The number of aromatic nitrogens is 2. The van der Waals surface area contributed by atoms with Crippen LogP contribution in [0.3, 0.4) is 0 Å². The second-order valence-electron chi connectivity index (χ2n) is 3.70. The van der Waals surface area contributed by atoms with Gasteiger partial charge in [-0.25, -0.2) is 9.97 Å². The largest absolute Gasteiger partial charge is 0.328 e. The van der Waals surface area contributed by atoms with Gasteiger partial charge in [0, 0.05) is 17.5 Å². The fourth-order valence-electron chi connectivity index (χ4n) is 1.73. The highest BCUT2D eigenvalue weighted by atomic mass is 32.2. The third kappa shape index (κ3) is 2.69. The molecule has 0 radical (unpaired) electrons. The molecule has 0 aliphatic heterocycles. The van der Waals surface area contributed by atoms with Crippen LogP contribution < -0.4 is 5.73 Å². The third-order valence-corrected chi connectivity index (χ3v) is 3.85. The molecule has 2 rings (SSSR count). The molecule has 1 aliphatic rings. The molecule has 1 aliphatic carbocycles. The fraction of sp³-hybridized carbons (Fsp3) is 0.600. The molecule has 2 N–H and O–H groups in total. The van der Waals surface area contributed by atoms with E-state index in [1.165, 1.54) is 12.8 Å². The Morgan fingerprint density at radius 3 is 2.71 bits per heavy atom. The van der Waals surface area contributed by atoms with E-state index < -0.39 is 0 Å². The van der Waals surface area contributed by atoms with Crippen LogP contribution in [0.4, 0.5) is 0 Å². The number of nitrogens with two attached hydrogens (primary N) is 1. The summed E-state index contributed by atoms with van der Waals surface area (Å²) in [6.45, 7) is 0. The van der Waals surface area contributed by atoms with Crippen LogP contribution >= 0.6 is 11.8 Å². The zero-order chi connectivity index (χ0) is 9.80. The van der Waals surface area contributed by atoms with E-state index in [1.54, 1.807) is 12.5 Å². The number of rotatable bonds is 2. The van der Waals surface area contributed by atoms with E-state index in [4.69, 9.17) is 5.73 Å². The molecular formula is C10H15N3S.